The van der Waals surface area contributed by atoms with E-state index in [4.69, 9.17) is 0 Å². The standard InChI is InChI=1S/C21H21N5O2/c1-25-12-13-10-16(20(27)11-19(13)24-25)17-3-2-15-18(23-17)6-9-26(21(15)28)14-4-7-22-8-5-14/h2-3,6,9-12,14,22,27H,4-5,7-8H2,1H3. The van der Waals surface area contributed by atoms with Crippen molar-refractivity contribution >= 4 is 21.8 Å². The molecule has 142 valence electrons. The Morgan fingerprint density at radius 1 is 1.14 bits per heavy atom. The summed E-state index contributed by atoms with van der Waals surface area (Å²) in [6, 6.07) is 9.25. The lowest BCUT2D eigenvalue weighted by Gasteiger charge is -2.24. The van der Waals surface area contributed by atoms with Crippen molar-refractivity contribution in [2.45, 2.75) is 18.9 Å². The molecule has 5 rings (SSSR count). The molecule has 0 atom stereocenters. The molecule has 1 fully saturated rings. The number of hydrogen-bond donors (Lipinski definition) is 2. The topological polar surface area (TPSA) is 85.0 Å². The van der Waals surface area contributed by atoms with E-state index in [2.05, 4.69) is 15.4 Å². The van der Waals surface area contributed by atoms with Gasteiger partial charge >= 0.3 is 0 Å². The van der Waals surface area contributed by atoms with Gasteiger partial charge in [-0.25, -0.2) is 4.98 Å². The van der Waals surface area contributed by atoms with Gasteiger partial charge in [0.15, 0.2) is 0 Å². The minimum Gasteiger partial charge on any atom is -0.507 e. The fraction of sp³-hybridized carbons (Fsp3) is 0.286. The molecule has 1 aromatic carbocycles. The molecule has 1 aliphatic rings. The van der Waals surface area contributed by atoms with E-state index >= 15 is 0 Å². The molecule has 1 saturated heterocycles. The van der Waals surface area contributed by atoms with Gasteiger partial charge < -0.3 is 15.0 Å². The summed E-state index contributed by atoms with van der Waals surface area (Å²) in [5.74, 6) is 0.126. The number of aromatic hydroxyl groups is 1. The predicted molar refractivity (Wildman–Crippen MR) is 109 cm³/mol. The van der Waals surface area contributed by atoms with Crippen LogP contribution in [0.5, 0.6) is 5.75 Å². The maximum atomic E-state index is 13.0. The van der Waals surface area contributed by atoms with Gasteiger partial charge in [0.1, 0.15) is 5.75 Å². The molecule has 0 aliphatic carbocycles. The summed E-state index contributed by atoms with van der Waals surface area (Å²) in [5.41, 5.74) is 2.63. The molecule has 0 unspecified atom stereocenters. The summed E-state index contributed by atoms with van der Waals surface area (Å²) < 4.78 is 3.55. The lowest BCUT2D eigenvalue weighted by atomic mass is 10.1. The molecular weight excluding hydrogens is 354 g/mol. The Morgan fingerprint density at radius 3 is 2.79 bits per heavy atom. The second-order valence-corrected chi connectivity index (χ2v) is 7.37. The van der Waals surface area contributed by atoms with Crippen molar-refractivity contribution in [3.05, 3.63) is 53.1 Å². The third-order valence-corrected chi connectivity index (χ3v) is 5.50. The number of hydrogen-bond acceptors (Lipinski definition) is 5. The van der Waals surface area contributed by atoms with Crippen LogP contribution in [0.4, 0.5) is 0 Å². The first kappa shape index (κ1) is 16.9. The zero-order valence-corrected chi connectivity index (χ0v) is 15.6. The minimum absolute atomic E-state index is 0.00427. The lowest BCUT2D eigenvalue weighted by Crippen LogP contribution is -2.34. The van der Waals surface area contributed by atoms with E-state index in [1.807, 2.05) is 42.2 Å². The number of phenols is 1. The van der Waals surface area contributed by atoms with E-state index in [1.54, 1.807) is 16.8 Å². The quantitative estimate of drug-likeness (QED) is 0.563. The highest BCUT2D eigenvalue weighted by molar-refractivity contribution is 5.89. The molecule has 1 aliphatic heterocycles. The van der Waals surface area contributed by atoms with Crippen LogP contribution in [0, 0.1) is 0 Å². The van der Waals surface area contributed by atoms with Crippen molar-refractivity contribution in [1.82, 2.24) is 24.6 Å². The van der Waals surface area contributed by atoms with Crippen LogP contribution in [-0.4, -0.2) is 37.5 Å². The number of phenolic OH excluding ortho intramolecular Hbond substituents is 1. The summed E-state index contributed by atoms with van der Waals surface area (Å²) in [6.45, 7) is 1.87. The van der Waals surface area contributed by atoms with E-state index < -0.39 is 0 Å². The number of fused-ring (bicyclic) bond motifs is 2. The normalized spacial score (nSPS) is 15.5. The van der Waals surface area contributed by atoms with Crippen LogP contribution in [0.2, 0.25) is 0 Å². The first-order valence-corrected chi connectivity index (χ1v) is 9.49. The molecule has 7 heteroatoms. The lowest BCUT2D eigenvalue weighted by molar-refractivity contribution is 0.362. The molecule has 2 N–H and O–H groups in total. The van der Waals surface area contributed by atoms with E-state index in [9.17, 15) is 9.90 Å². The van der Waals surface area contributed by atoms with Crippen LogP contribution in [0.1, 0.15) is 18.9 Å². The van der Waals surface area contributed by atoms with Crippen LogP contribution >= 0.6 is 0 Å². The van der Waals surface area contributed by atoms with Crippen LogP contribution in [-0.2, 0) is 7.05 Å². The van der Waals surface area contributed by atoms with Crippen molar-refractivity contribution in [2.75, 3.05) is 13.1 Å². The van der Waals surface area contributed by atoms with E-state index in [0.717, 1.165) is 36.8 Å². The molecule has 7 nitrogen and oxygen atoms in total. The smallest absolute Gasteiger partial charge is 0.260 e. The maximum Gasteiger partial charge on any atom is 0.260 e. The largest absolute Gasteiger partial charge is 0.507 e. The van der Waals surface area contributed by atoms with Crippen LogP contribution in [0.3, 0.4) is 0 Å². The van der Waals surface area contributed by atoms with Crippen molar-refractivity contribution in [1.29, 1.82) is 0 Å². The zero-order valence-electron chi connectivity index (χ0n) is 15.6. The van der Waals surface area contributed by atoms with Crippen LogP contribution in [0.15, 0.2) is 47.5 Å². The summed E-state index contributed by atoms with van der Waals surface area (Å²) >= 11 is 0. The molecule has 0 bridgehead atoms. The molecule has 4 heterocycles. The number of nitrogens with one attached hydrogen (secondary N) is 1. The summed E-state index contributed by atoms with van der Waals surface area (Å²) in [6.07, 6.45) is 5.66. The molecule has 0 spiro atoms. The van der Waals surface area contributed by atoms with Gasteiger partial charge in [-0.05, 0) is 50.2 Å². The van der Waals surface area contributed by atoms with Crippen molar-refractivity contribution < 1.29 is 5.11 Å². The van der Waals surface area contributed by atoms with Crippen molar-refractivity contribution in [2.24, 2.45) is 7.05 Å². The fourth-order valence-electron chi connectivity index (χ4n) is 4.05. The number of aryl methyl sites for hydroxylation is 1. The van der Waals surface area contributed by atoms with Crippen molar-refractivity contribution in [3.8, 4) is 17.0 Å². The number of piperidine rings is 1. The maximum absolute atomic E-state index is 13.0. The van der Waals surface area contributed by atoms with Gasteiger partial charge in [0.25, 0.3) is 5.56 Å². The van der Waals surface area contributed by atoms with Gasteiger partial charge in [-0.15, -0.1) is 0 Å². The van der Waals surface area contributed by atoms with E-state index in [0.29, 0.717) is 22.2 Å². The Morgan fingerprint density at radius 2 is 1.96 bits per heavy atom. The molecule has 0 amide bonds. The zero-order chi connectivity index (χ0) is 19.3. The number of benzene rings is 1. The van der Waals surface area contributed by atoms with Gasteiger partial charge in [0, 0.05) is 42.5 Å². The van der Waals surface area contributed by atoms with Gasteiger partial charge in [-0.3, -0.25) is 9.48 Å². The van der Waals surface area contributed by atoms with Gasteiger partial charge in [-0.1, -0.05) is 0 Å². The third-order valence-electron chi connectivity index (χ3n) is 5.50. The average molecular weight is 375 g/mol. The Balaban J connectivity index is 1.60. The van der Waals surface area contributed by atoms with E-state index in [-0.39, 0.29) is 17.4 Å². The summed E-state index contributed by atoms with van der Waals surface area (Å²) in [5, 5.41) is 19.6. The Labute approximate surface area is 161 Å². The van der Waals surface area contributed by atoms with Gasteiger partial charge in [-0.2, -0.15) is 5.10 Å². The number of rotatable bonds is 2. The fourth-order valence-corrected chi connectivity index (χ4v) is 4.05. The molecule has 28 heavy (non-hydrogen) atoms. The van der Waals surface area contributed by atoms with Crippen LogP contribution < -0.4 is 10.9 Å². The Kier molecular flexibility index (Phi) is 3.91. The Hall–Kier alpha value is -3.19. The SMILES string of the molecule is Cn1cc2cc(-c3ccc4c(=O)n(C5CCNCC5)ccc4n3)c(O)cc2n1. The minimum atomic E-state index is -0.00427. The molecule has 0 saturated carbocycles. The van der Waals surface area contributed by atoms with Crippen molar-refractivity contribution in [3.63, 3.8) is 0 Å². The highest BCUT2D eigenvalue weighted by Gasteiger charge is 2.18. The summed E-state index contributed by atoms with van der Waals surface area (Å²) in [7, 11) is 1.85. The highest BCUT2D eigenvalue weighted by Crippen LogP contribution is 2.32. The number of nitrogens with zero attached hydrogens (tertiary/aromatic N) is 4. The first-order chi connectivity index (χ1) is 13.6. The summed E-state index contributed by atoms with van der Waals surface area (Å²) in [4.78, 5) is 17.6. The molecule has 0 radical (unpaired) electrons. The second kappa shape index (κ2) is 6.45. The monoisotopic (exact) mass is 375 g/mol. The highest BCUT2D eigenvalue weighted by atomic mass is 16.3. The third kappa shape index (κ3) is 2.75. The van der Waals surface area contributed by atoms with E-state index in [1.165, 1.54) is 0 Å². The molecule has 3 aromatic heterocycles. The predicted octanol–water partition coefficient (Wildman–Crippen LogP) is 2.58. The van der Waals surface area contributed by atoms with Gasteiger partial charge in [0.05, 0.1) is 22.1 Å². The first-order valence-electron chi connectivity index (χ1n) is 9.49. The number of pyridine rings is 2. The molecule has 4 aromatic rings. The van der Waals surface area contributed by atoms with Crippen LogP contribution in [0.25, 0.3) is 33.1 Å². The van der Waals surface area contributed by atoms with Gasteiger partial charge in [0.2, 0.25) is 0 Å². The average Bonchev–Trinajstić information content (AvgIpc) is 3.07. The Bertz CT molecular complexity index is 1250. The number of aromatic nitrogens is 4. The molecular formula is C21H21N5O2. The second-order valence-electron chi connectivity index (χ2n) is 7.37.